The van der Waals surface area contributed by atoms with E-state index in [0.717, 1.165) is 59.6 Å². The molecular formula is C30H28ClF3N2O5. The van der Waals surface area contributed by atoms with Gasteiger partial charge in [0.1, 0.15) is 23.3 Å². The number of carbonyl (C=O) groups is 1. The summed E-state index contributed by atoms with van der Waals surface area (Å²) >= 11 is 6.60. The number of carboxylic acid groups (broad SMARTS) is 1. The van der Waals surface area contributed by atoms with Crippen molar-refractivity contribution in [3.63, 3.8) is 0 Å². The monoisotopic (exact) mass is 588 g/mol. The summed E-state index contributed by atoms with van der Waals surface area (Å²) in [4.78, 5) is 11.3. The molecule has 0 aliphatic carbocycles. The van der Waals surface area contributed by atoms with Crippen molar-refractivity contribution in [2.45, 2.75) is 32.5 Å². The molecule has 0 saturated carbocycles. The van der Waals surface area contributed by atoms with Crippen LogP contribution in [-0.2, 0) is 4.79 Å². The van der Waals surface area contributed by atoms with Gasteiger partial charge in [0, 0.05) is 24.2 Å². The molecule has 4 aromatic rings. The number of hydrogen-bond donors (Lipinski definition) is 2. The van der Waals surface area contributed by atoms with Crippen molar-refractivity contribution in [2.75, 3.05) is 19.6 Å². The second-order valence-corrected chi connectivity index (χ2v) is 9.95. The Morgan fingerprint density at radius 1 is 1.05 bits per heavy atom. The van der Waals surface area contributed by atoms with E-state index in [2.05, 4.69) is 17.0 Å². The van der Waals surface area contributed by atoms with Gasteiger partial charge >= 0.3 is 12.1 Å². The van der Waals surface area contributed by atoms with E-state index in [0.29, 0.717) is 16.5 Å². The van der Waals surface area contributed by atoms with Crippen LogP contribution in [0, 0.1) is 6.92 Å². The SMILES string of the molecule is CCCN1CC(Oc2ccc(-c3c(-c4c(C)cccc4Cl)noc3-c3ccc(O)cc3)cc2)C1.O=C(O)C(F)(F)F. The number of alkyl halides is 3. The Hall–Kier alpha value is -4.02. The Bertz CT molecular complexity index is 1460. The van der Waals surface area contributed by atoms with Gasteiger partial charge in [-0.15, -0.1) is 0 Å². The van der Waals surface area contributed by atoms with Crippen LogP contribution in [-0.4, -0.2) is 58.2 Å². The third-order valence-electron chi connectivity index (χ3n) is 6.43. The van der Waals surface area contributed by atoms with Crippen molar-refractivity contribution in [1.29, 1.82) is 0 Å². The quantitative estimate of drug-likeness (QED) is 0.231. The van der Waals surface area contributed by atoms with Gasteiger partial charge in [0.25, 0.3) is 0 Å². The van der Waals surface area contributed by atoms with E-state index in [1.807, 2.05) is 61.5 Å². The molecule has 1 saturated heterocycles. The number of ether oxygens (including phenoxy) is 1. The van der Waals surface area contributed by atoms with Crippen LogP contribution >= 0.6 is 11.6 Å². The molecule has 2 heterocycles. The second kappa shape index (κ2) is 12.7. The lowest BCUT2D eigenvalue weighted by Crippen LogP contribution is -2.53. The first-order valence-electron chi connectivity index (χ1n) is 12.8. The number of aromatic nitrogens is 1. The predicted molar refractivity (Wildman–Crippen MR) is 149 cm³/mol. The lowest BCUT2D eigenvalue weighted by atomic mass is 9.94. The zero-order valence-corrected chi connectivity index (χ0v) is 23.0. The van der Waals surface area contributed by atoms with Crippen molar-refractivity contribution in [2.24, 2.45) is 0 Å². The Morgan fingerprint density at radius 2 is 1.66 bits per heavy atom. The van der Waals surface area contributed by atoms with Crippen molar-refractivity contribution < 1.29 is 37.4 Å². The summed E-state index contributed by atoms with van der Waals surface area (Å²) in [5.74, 6) is -1.09. The molecule has 1 aliphatic rings. The molecule has 5 rings (SSSR count). The first-order chi connectivity index (χ1) is 19.5. The summed E-state index contributed by atoms with van der Waals surface area (Å²) in [6, 6.07) is 20.8. The Labute approximate surface area is 239 Å². The van der Waals surface area contributed by atoms with Crippen molar-refractivity contribution in [3.05, 3.63) is 77.3 Å². The summed E-state index contributed by atoms with van der Waals surface area (Å²) in [6.45, 7) is 7.28. The maximum absolute atomic E-state index is 10.6. The third kappa shape index (κ3) is 7.20. The van der Waals surface area contributed by atoms with E-state index in [1.165, 1.54) is 0 Å². The minimum Gasteiger partial charge on any atom is -0.508 e. The molecule has 0 amide bonds. The average Bonchev–Trinajstić information content (AvgIpc) is 3.32. The number of phenols is 1. The molecule has 1 fully saturated rings. The molecule has 11 heteroatoms. The zero-order valence-electron chi connectivity index (χ0n) is 22.3. The summed E-state index contributed by atoms with van der Waals surface area (Å²) in [6.07, 6.45) is -3.68. The van der Waals surface area contributed by atoms with Gasteiger partial charge in [0.05, 0.1) is 10.6 Å². The number of aromatic hydroxyl groups is 1. The number of rotatable bonds is 7. The van der Waals surface area contributed by atoms with E-state index in [4.69, 9.17) is 30.8 Å². The molecule has 0 radical (unpaired) electrons. The number of nitrogens with zero attached hydrogens (tertiary/aromatic N) is 2. The molecule has 41 heavy (non-hydrogen) atoms. The Morgan fingerprint density at radius 3 is 2.22 bits per heavy atom. The van der Waals surface area contributed by atoms with Crippen LogP contribution in [0.5, 0.6) is 11.5 Å². The standard InChI is InChI=1S/C28H27ClN2O3.C2HF3O2/c1-3-15-31-16-23(17-31)33-22-13-9-19(10-14-22)26-27(25-18(2)5-4-6-24(25)29)30-34-28(26)20-7-11-21(32)12-8-20;3-2(4,5)1(6)7/h4-14,23,32H,3,15-17H2,1-2H3;(H,6,7). The highest BCUT2D eigenvalue weighted by Gasteiger charge is 2.38. The predicted octanol–water partition coefficient (Wildman–Crippen LogP) is 7.45. The van der Waals surface area contributed by atoms with Gasteiger partial charge in [-0.05, 0) is 73.5 Å². The molecule has 3 aromatic carbocycles. The number of phenolic OH excluding ortho intramolecular Hbond substituents is 1. The van der Waals surface area contributed by atoms with Gasteiger partial charge < -0.3 is 19.5 Å². The van der Waals surface area contributed by atoms with Crippen LogP contribution in [0.1, 0.15) is 18.9 Å². The number of aliphatic carboxylic acids is 1. The normalized spacial score (nSPS) is 13.7. The van der Waals surface area contributed by atoms with Gasteiger partial charge in [0.2, 0.25) is 0 Å². The van der Waals surface area contributed by atoms with Crippen LogP contribution in [0.4, 0.5) is 13.2 Å². The molecule has 216 valence electrons. The molecule has 0 bridgehead atoms. The van der Waals surface area contributed by atoms with E-state index in [1.54, 1.807) is 12.1 Å². The summed E-state index contributed by atoms with van der Waals surface area (Å²) in [5.41, 5.74) is 5.18. The molecular weight excluding hydrogens is 561 g/mol. The van der Waals surface area contributed by atoms with Gasteiger partial charge in [-0.25, -0.2) is 4.79 Å². The van der Waals surface area contributed by atoms with Gasteiger partial charge in [-0.1, -0.05) is 47.9 Å². The van der Waals surface area contributed by atoms with Crippen molar-refractivity contribution in [1.82, 2.24) is 10.1 Å². The molecule has 2 N–H and O–H groups in total. The maximum Gasteiger partial charge on any atom is 0.490 e. The molecule has 0 atom stereocenters. The fraction of sp³-hybridized carbons (Fsp3) is 0.267. The maximum atomic E-state index is 10.6. The third-order valence-corrected chi connectivity index (χ3v) is 6.75. The van der Waals surface area contributed by atoms with E-state index in [9.17, 15) is 18.3 Å². The fourth-order valence-electron chi connectivity index (χ4n) is 4.46. The number of hydrogen-bond acceptors (Lipinski definition) is 6. The van der Waals surface area contributed by atoms with E-state index < -0.39 is 12.1 Å². The molecule has 1 aromatic heterocycles. The van der Waals surface area contributed by atoms with Crippen LogP contribution in [0.3, 0.4) is 0 Å². The minimum absolute atomic E-state index is 0.196. The highest BCUT2D eigenvalue weighted by molar-refractivity contribution is 6.33. The molecule has 0 unspecified atom stereocenters. The number of likely N-dealkylation sites (tertiary alicyclic amines) is 1. The first kappa shape index (κ1) is 30.0. The second-order valence-electron chi connectivity index (χ2n) is 9.54. The fourth-order valence-corrected chi connectivity index (χ4v) is 4.77. The van der Waals surface area contributed by atoms with Gasteiger partial charge in [0.15, 0.2) is 5.76 Å². The topological polar surface area (TPSA) is 96.0 Å². The molecule has 0 spiro atoms. The highest BCUT2D eigenvalue weighted by Crippen LogP contribution is 2.43. The van der Waals surface area contributed by atoms with Gasteiger partial charge in [-0.2, -0.15) is 13.2 Å². The van der Waals surface area contributed by atoms with Crippen LogP contribution in [0.25, 0.3) is 33.7 Å². The molecule has 7 nitrogen and oxygen atoms in total. The zero-order chi connectivity index (χ0) is 29.7. The first-order valence-corrected chi connectivity index (χ1v) is 13.2. The summed E-state index contributed by atoms with van der Waals surface area (Å²) < 4.78 is 43.8. The largest absolute Gasteiger partial charge is 0.508 e. The minimum atomic E-state index is -5.08. The van der Waals surface area contributed by atoms with Crippen molar-refractivity contribution in [3.8, 4) is 45.2 Å². The lowest BCUT2D eigenvalue weighted by Gasteiger charge is -2.38. The number of aryl methyl sites for hydroxylation is 1. The van der Waals surface area contributed by atoms with Crippen molar-refractivity contribution >= 4 is 17.6 Å². The van der Waals surface area contributed by atoms with Crippen LogP contribution in [0.2, 0.25) is 5.02 Å². The summed E-state index contributed by atoms with van der Waals surface area (Å²) in [7, 11) is 0. The van der Waals surface area contributed by atoms with Gasteiger partial charge in [-0.3, -0.25) is 4.90 Å². The van der Waals surface area contributed by atoms with Crippen LogP contribution in [0.15, 0.2) is 71.3 Å². The lowest BCUT2D eigenvalue weighted by molar-refractivity contribution is -0.192. The highest BCUT2D eigenvalue weighted by atomic mass is 35.5. The Kier molecular flexibility index (Phi) is 9.25. The van der Waals surface area contributed by atoms with E-state index in [-0.39, 0.29) is 11.9 Å². The number of benzene rings is 3. The number of halogens is 4. The summed E-state index contributed by atoms with van der Waals surface area (Å²) in [5, 5.41) is 21.9. The van der Waals surface area contributed by atoms with E-state index >= 15 is 0 Å². The Balaban J connectivity index is 0.000000493. The molecule has 1 aliphatic heterocycles. The van der Waals surface area contributed by atoms with Crippen LogP contribution < -0.4 is 4.74 Å². The number of carboxylic acids is 1. The smallest absolute Gasteiger partial charge is 0.490 e. The average molecular weight is 589 g/mol.